The van der Waals surface area contributed by atoms with E-state index in [1.165, 1.54) is 0 Å². The van der Waals surface area contributed by atoms with Crippen molar-refractivity contribution in [3.8, 4) is 11.4 Å². The first-order valence-corrected chi connectivity index (χ1v) is 7.78. The molecule has 108 valence electrons. The lowest BCUT2D eigenvalue weighted by Gasteiger charge is -2.09. The van der Waals surface area contributed by atoms with Crippen LogP contribution in [0.3, 0.4) is 0 Å². The van der Waals surface area contributed by atoms with Crippen LogP contribution >= 0.6 is 15.9 Å². The summed E-state index contributed by atoms with van der Waals surface area (Å²) in [5.41, 5.74) is 2.26. The van der Waals surface area contributed by atoms with Crippen LogP contribution in [0.15, 0.2) is 34.9 Å². The Morgan fingerprint density at radius 1 is 1.33 bits per heavy atom. The molecule has 5 heteroatoms. The highest BCUT2D eigenvalue weighted by Gasteiger charge is 2.31. The van der Waals surface area contributed by atoms with E-state index in [1.807, 2.05) is 24.3 Å². The molecule has 0 bridgehead atoms. The summed E-state index contributed by atoms with van der Waals surface area (Å²) >= 11 is 3.41. The number of carbonyl (C=O) groups is 1. The minimum atomic E-state index is -0.332. The number of carbonyl (C=O) groups excluding carboxylic acids is 1. The van der Waals surface area contributed by atoms with Gasteiger partial charge in [-0.25, -0.2) is 14.8 Å². The summed E-state index contributed by atoms with van der Waals surface area (Å²) < 4.78 is 6.09. The Balaban J connectivity index is 1.99. The van der Waals surface area contributed by atoms with Crippen molar-refractivity contribution in [1.82, 2.24) is 9.97 Å². The predicted octanol–water partition coefficient (Wildman–Crippen LogP) is 3.96. The lowest BCUT2D eigenvalue weighted by molar-refractivity contribution is 0.0524. The summed E-state index contributed by atoms with van der Waals surface area (Å²) in [6.45, 7) is 2.16. The molecule has 1 fully saturated rings. The Kier molecular flexibility index (Phi) is 4.01. The molecule has 0 spiro atoms. The van der Waals surface area contributed by atoms with E-state index in [1.54, 1.807) is 13.1 Å². The molecule has 0 atom stereocenters. The lowest BCUT2D eigenvalue weighted by atomic mass is 10.1. The molecule has 1 aromatic carbocycles. The van der Waals surface area contributed by atoms with Crippen LogP contribution in [-0.4, -0.2) is 22.5 Å². The summed E-state index contributed by atoms with van der Waals surface area (Å²) in [7, 11) is 0. The van der Waals surface area contributed by atoms with Crippen LogP contribution in [0.4, 0.5) is 0 Å². The zero-order valence-electron chi connectivity index (χ0n) is 11.7. The molecule has 1 heterocycles. The molecular weight excluding hydrogens is 332 g/mol. The van der Waals surface area contributed by atoms with Crippen LogP contribution in [0.25, 0.3) is 11.4 Å². The molecule has 1 aliphatic carbocycles. The number of esters is 1. The highest BCUT2D eigenvalue weighted by atomic mass is 79.9. The second-order valence-corrected chi connectivity index (χ2v) is 5.91. The van der Waals surface area contributed by atoms with Crippen molar-refractivity contribution in [1.29, 1.82) is 0 Å². The number of aromatic nitrogens is 2. The van der Waals surface area contributed by atoms with E-state index < -0.39 is 0 Å². The van der Waals surface area contributed by atoms with Crippen LogP contribution in [0.1, 0.15) is 41.7 Å². The number of nitrogens with zero attached hydrogens (tertiary/aromatic N) is 2. The molecule has 2 aromatic rings. The monoisotopic (exact) mass is 346 g/mol. The van der Waals surface area contributed by atoms with Gasteiger partial charge in [0.15, 0.2) is 5.82 Å². The van der Waals surface area contributed by atoms with Gasteiger partial charge >= 0.3 is 5.97 Å². The van der Waals surface area contributed by atoms with E-state index in [2.05, 4.69) is 25.9 Å². The number of halogens is 1. The molecule has 0 amide bonds. The fraction of sp³-hybridized carbons (Fsp3) is 0.312. The molecule has 21 heavy (non-hydrogen) atoms. The van der Waals surface area contributed by atoms with Crippen molar-refractivity contribution in [3.63, 3.8) is 0 Å². The van der Waals surface area contributed by atoms with Crippen molar-refractivity contribution < 1.29 is 9.53 Å². The quantitative estimate of drug-likeness (QED) is 0.786. The van der Waals surface area contributed by atoms with Gasteiger partial charge in [0.25, 0.3) is 0 Å². The summed E-state index contributed by atoms with van der Waals surface area (Å²) in [5, 5.41) is 0. The van der Waals surface area contributed by atoms with Gasteiger partial charge in [0.2, 0.25) is 0 Å². The number of hydrogen-bond acceptors (Lipinski definition) is 4. The number of benzene rings is 1. The maximum atomic E-state index is 12.0. The molecule has 0 saturated heterocycles. The Labute approximate surface area is 131 Å². The van der Waals surface area contributed by atoms with Crippen molar-refractivity contribution in [3.05, 3.63) is 46.2 Å². The maximum Gasteiger partial charge on any atom is 0.341 e. The van der Waals surface area contributed by atoms with E-state index in [0.29, 0.717) is 23.9 Å². The summed E-state index contributed by atoms with van der Waals surface area (Å²) in [6.07, 6.45) is 3.74. The van der Waals surface area contributed by atoms with Gasteiger partial charge in [-0.05, 0) is 31.9 Å². The van der Waals surface area contributed by atoms with Gasteiger partial charge in [0.05, 0.1) is 17.9 Å². The molecule has 0 unspecified atom stereocenters. The topological polar surface area (TPSA) is 52.1 Å². The van der Waals surface area contributed by atoms with Gasteiger partial charge in [-0.2, -0.15) is 0 Å². The van der Waals surface area contributed by atoms with Gasteiger partial charge in [0, 0.05) is 22.2 Å². The van der Waals surface area contributed by atoms with Crippen LogP contribution < -0.4 is 0 Å². The van der Waals surface area contributed by atoms with Crippen LogP contribution in [0.2, 0.25) is 0 Å². The number of rotatable bonds is 4. The highest BCUT2D eigenvalue weighted by Crippen LogP contribution is 2.41. The zero-order valence-corrected chi connectivity index (χ0v) is 13.3. The Morgan fingerprint density at radius 3 is 2.67 bits per heavy atom. The molecule has 0 aliphatic heterocycles. The molecule has 4 nitrogen and oxygen atoms in total. The van der Waals surface area contributed by atoms with Gasteiger partial charge in [-0.3, -0.25) is 0 Å². The molecule has 1 aliphatic rings. The first kappa shape index (κ1) is 14.2. The van der Waals surface area contributed by atoms with Crippen molar-refractivity contribution in [2.24, 2.45) is 0 Å². The standard InChI is InChI=1S/C16H15BrN2O2/c1-2-21-16(20)13-9-18-15(19-14(13)10-3-4-10)11-5-7-12(17)8-6-11/h5-10H,2-4H2,1H3. The van der Waals surface area contributed by atoms with E-state index >= 15 is 0 Å². The Morgan fingerprint density at radius 2 is 2.05 bits per heavy atom. The van der Waals surface area contributed by atoms with Crippen LogP contribution in [-0.2, 0) is 4.74 Å². The van der Waals surface area contributed by atoms with Crippen molar-refractivity contribution in [2.75, 3.05) is 6.61 Å². The van der Waals surface area contributed by atoms with E-state index in [0.717, 1.165) is 28.6 Å². The molecule has 1 aromatic heterocycles. The minimum absolute atomic E-state index is 0.332. The van der Waals surface area contributed by atoms with E-state index in [9.17, 15) is 4.79 Å². The second-order valence-electron chi connectivity index (χ2n) is 4.99. The average molecular weight is 347 g/mol. The largest absolute Gasteiger partial charge is 0.462 e. The Hall–Kier alpha value is -1.75. The molecule has 0 N–H and O–H groups in total. The summed E-state index contributed by atoms with van der Waals surface area (Å²) in [5.74, 6) is 0.681. The molecule has 1 saturated carbocycles. The average Bonchev–Trinajstić information content (AvgIpc) is 3.32. The first-order valence-electron chi connectivity index (χ1n) is 6.99. The normalized spacial score (nSPS) is 14.0. The maximum absolute atomic E-state index is 12.0. The summed E-state index contributed by atoms with van der Waals surface area (Å²) in [4.78, 5) is 20.9. The van der Waals surface area contributed by atoms with Crippen LogP contribution in [0, 0.1) is 0 Å². The Bertz CT molecular complexity index is 666. The third-order valence-electron chi connectivity index (χ3n) is 3.38. The van der Waals surface area contributed by atoms with Gasteiger partial charge < -0.3 is 4.74 Å². The first-order chi connectivity index (χ1) is 10.2. The molecule has 3 rings (SSSR count). The second kappa shape index (κ2) is 5.93. The van der Waals surface area contributed by atoms with Crippen molar-refractivity contribution in [2.45, 2.75) is 25.7 Å². The van der Waals surface area contributed by atoms with Gasteiger partial charge in [-0.1, -0.05) is 28.1 Å². The fourth-order valence-corrected chi connectivity index (χ4v) is 2.43. The number of hydrogen-bond donors (Lipinski definition) is 0. The molecule has 0 radical (unpaired) electrons. The third-order valence-corrected chi connectivity index (χ3v) is 3.91. The van der Waals surface area contributed by atoms with Crippen LogP contribution in [0.5, 0.6) is 0 Å². The smallest absolute Gasteiger partial charge is 0.341 e. The predicted molar refractivity (Wildman–Crippen MR) is 83.1 cm³/mol. The third kappa shape index (κ3) is 3.13. The lowest BCUT2D eigenvalue weighted by Crippen LogP contribution is -2.11. The van der Waals surface area contributed by atoms with Gasteiger partial charge in [-0.15, -0.1) is 0 Å². The minimum Gasteiger partial charge on any atom is -0.462 e. The highest BCUT2D eigenvalue weighted by molar-refractivity contribution is 9.10. The zero-order chi connectivity index (χ0) is 14.8. The van der Waals surface area contributed by atoms with Gasteiger partial charge in [0.1, 0.15) is 0 Å². The van der Waals surface area contributed by atoms with E-state index in [4.69, 9.17) is 4.74 Å². The SMILES string of the molecule is CCOC(=O)c1cnc(-c2ccc(Br)cc2)nc1C1CC1. The fourth-order valence-electron chi connectivity index (χ4n) is 2.17. The number of ether oxygens (including phenoxy) is 1. The molecular formula is C16H15BrN2O2. The summed E-state index contributed by atoms with van der Waals surface area (Å²) in [6, 6.07) is 7.82. The van der Waals surface area contributed by atoms with Crippen molar-refractivity contribution >= 4 is 21.9 Å². The van der Waals surface area contributed by atoms with E-state index in [-0.39, 0.29) is 5.97 Å².